The van der Waals surface area contributed by atoms with Gasteiger partial charge in [-0.1, -0.05) is 0 Å². The van der Waals surface area contributed by atoms with Crippen molar-refractivity contribution in [2.45, 2.75) is 31.2 Å². The molecule has 0 saturated carbocycles. The monoisotopic (exact) mass is 265 g/mol. The van der Waals surface area contributed by atoms with Crippen molar-refractivity contribution >= 4 is 0 Å². The summed E-state index contributed by atoms with van der Waals surface area (Å²) in [6.45, 7) is -0.238. The number of hydrogen-bond donors (Lipinski definition) is 1. The van der Waals surface area contributed by atoms with Gasteiger partial charge in [0.1, 0.15) is 5.83 Å². The maximum atomic E-state index is 13.5. The molecular formula is C12H12F5N. The van der Waals surface area contributed by atoms with Crippen LogP contribution in [0.5, 0.6) is 0 Å². The standard InChI is InChI=1S/C12H12F5N/c13-8-2-3-9(10(14)5-8)11-4-1-7(6-18-11)12(15,16)17/h2,5,7,10-11,18H,1,4,6H2. The summed E-state index contributed by atoms with van der Waals surface area (Å²) in [5, 5.41) is 2.66. The molecule has 2 rings (SSSR count). The van der Waals surface area contributed by atoms with Gasteiger partial charge in [0.15, 0.2) is 6.17 Å². The molecule has 18 heavy (non-hydrogen) atoms. The molecule has 0 aromatic heterocycles. The Morgan fingerprint density at radius 3 is 2.50 bits per heavy atom. The predicted molar refractivity (Wildman–Crippen MR) is 56.3 cm³/mol. The number of rotatable bonds is 1. The zero-order valence-electron chi connectivity index (χ0n) is 9.40. The van der Waals surface area contributed by atoms with Gasteiger partial charge in [-0.3, -0.25) is 0 Å². The summed E-state index contributed by atoms with van der Waals surface area (Å²) in [6.07, 6.45) is -3.92. The van der Waals surface area contributed by atoms with Crippen LogP contribution in [0.3, 0.4) is 0 Å². The topological polar surface area (TPSA) is 12.0 Å². The Bertz CT molecular complexity index is 409. The van der Waals surface area contributed by atoms with Crippen LogP contribution in [0.2, 0.25) is 0 Å². The minimum atomic E-state index is -4.23. The van der Waals surface area contributed by atoms with E-state index < -0.39 is 30.1 Å². The first-order valence-electron chi connectivity index (χ1n) is 5.66. The summed E-state index contributed by atoms with van der Waals surface area (Å²) >= 11 is 0. The van der Waals surface area contributed by atoms with Crippen LogP contribution in [-0.4, -0.2) is 24.9 Å². The maximum absolute atomic E-state index is 13.5. The van der Waals surface area contributed by atoms with Crippen LogP contribution in [0.15, 0.2) is 29.3 Å². The molecule has 0 spiro atoms. The van der Waals surface area contributed by atoms with Crippen molar-refractivity contribution in [3.8, 4) is 0 Å². The lowest BCUT2D eigenvalue weighted by Crippen LogP contribution is -2.46. The molecular weight excluding hydrogens is 253 g/mol. The Morgan fingerprint density at radius 1 is 1.28 bits per heavy atom. The van der Waals surface area contributed by atoms with Gasteiger partial charge in [-0.2, -0.15) is 13.2 Å². The molecule has 1 N–H and O–H groups in total. The fourth-order valence-electron chi connectivity index (χ4n) is 2.20. The molecule has 0 aromatic rings. The highest BCUT2D eigenvalue weighted by Crippen LogP contribution is 2.34. The second-order valence-electron chi connectivity index (χ2n) is 4.47. The Balaban J connectivity index is 2.01. The molecule has 100 valence electrons. The number of hydrogen-bond acceptors (Lipinski definition) is 1. The molecule has 1 nitrogen and oxygen atoms in total. The van der Waals surface area contributed by atoms with Crippen LogP contribution < -0.4 is 5.32 Å². The minimum absolute atomic E-state index is 0.0503. The third kappa shape index (κ3) is 2.82. The van der Waals surface area contributed by atoms with Gasteiger partial charge in [0.25, 0.3) is 0 Å². The van der Waals surface area contributed by atoms with Gasteiger partial charge in [0.2, 0.25) is 0 Å². The van der Waals surface area contributed by atoms with E-state index in [0.717, 1.165) is 12.2 Å². The van der Waals surface area contributed by atoms with Crippen molar-refractivity contribution in [2.75, 3.05) is 6.54 Å². The Kier molecular flexibility index (Phi) is 3.59. The van der Waals surface area contributed by atoms with E-state index in [9.17, 15) is 22.0 Å². The molecule has 3 unspecified atom stereocenters. The second kappa shape index (κ2) is 4.86. The third-order valence-corrected chi connectivity index (χ3v) is 3.23. The summed E-state index contributed by atoms with van der Waals surface area (Å²) < 4.78 is 63.5. The number of halogens is 5. The van der Waals surface area contributed by atoms with Gasteiger partial charge in [0.05, 0.1) is 5.92 Å². The van der Waals surface area contributed by atoms with Gasteiger partial charge >= 0.3 is 6.18 Å². The molecule has 2 aliphatic rings. The molecule has 0 bridgehead atoms. The highest BCUT2D eigenvalue weighted by atomic mass is 19.4. The number of alkyl halides is 4. The smallest absolute Gasteiger partial charge is 0.309 e. The van der Waals surface area contributed by atoms with E-state index >= 15 is 0 Å². The Morgan fingerprint density at radius 2 is 2.00 bits per heavy atom. The van der Waals surface area contributed by atoms with E-state index in [1.165, 1.54) is 0 Å². The highest BCUT2D eigenvalue weighted by Gasteiger charge is 2.42. The molecule has 1 fully saturated rings. The summed E-state index contributed by atoms with van der Waals surface area (Å²) in [7, 11) is 0. The van der Waals surface area contributed by atoms with Crippen LogP contribution in [0.25, 0.3) is 0 Å². The molecule has 1 saturated heterocycles. The summed E-state index contributed by atoms with van der Waals surface area (Å²) in [4.78, 5) is 0. The maximum Gasteiger partial charge on any atom is 0.393 e. The van der Waals surface area contributed by atoms with E-state index in [1.807, 2.05) is 0 Å². The SMILES string of the molecule is FC1=CC(F)C(C2CCC(C(F)(F)F)CN2)=C=C1. The lowest BCUT2D eigenvalue weighted by atomic mass is 9.88. The molecule has 1 heterocycles. The van der Waals surface area contributed by atoms with Crippen LogP contribution >= 0.6 is 0 Å². The Labute approximate surface area is 101 Å². The van der Waals surface area contributed by atoms with Crippen molar-refractivity contribution in [1.29, 1.82) is 0 Å². The first-order valence-corrected chi connectivity index (χ1v) is 5.66. The number of allylic oxidation sites excluding steroid dienone is 2. The minimum Gasteiger partial charge on any atom is -0.309 e. The molecule has 1 aliphatic carbocycles. The van der Waals surface area contributed by atoms with E-state index in [4.69, 9.17) is 0 Å². The van der Waals surface area contributed by atoms with Crippen molar-refractivity contribution in [2.24, 2.45) is 5.92 Å². The average Bonchev–Trinajstić information content (AvgIpc) is 2.28. The van der Waals surface area contributed by atoms with Gasteiger partial charge in [-0.05, 0) is 18.9 Å². The number of piperidine rings is 1. The van der Waals surface area contributed by atoms with Crippen molar-refractivity contribution < 1.29 is 22.0 Å². The Hall–Kier alpha value is -1.13. The molecule has 1 aliphatic heterocycles. The quantitative estimate of drug-likeness (QED) is 0.567. The highest BCUT2D eigenvalue weighted by molar-refractivity contribution is 5.31. The van der Waals surface area contributed by atoms with Gasteiger partial charge in [0, 0.05) is 24.2 Å². The molecule has 0 radical (unpaired) electrons. The fraction of sp³-hybridized carbons (Fsp3) is 0.583. The van der Waals surface area contributed by atoms with Crippen molar-refractivity contribution in [1.82, 2.24) is 5.32 Å². The van der Waals surface area contributed by atoms with Crippen LogP contribution in [0.4, 0.5) is 22.0 Å². The lowest BCUT2D eigenvalue weighted by molar-refractivity contribution is -0.179. The van der Waals surface area contributed by atoms with E-state index in [2.05, 4.69) is 11.0 Å². The molecule has 6 heteroatoms. The largest absolute Gasteiger partial charge is 0.393 e. The fourth-order valence-corrected chi connectivity index (χ4v) is 2.20. The van der Waals surface area contributed by atoms with Gasteiger partial charge < -0.3 is 5.32 Å². The summed E-state index contributed by atoms with van der Waals surface area (Å²) in [6, 6.07) is -0.501. The summed E-state index contributed by atoms with van der Waals surface area (Å²) in [5.74, 6) is -2.11. The van der Waals surface area contributed by atoms with E-state index in [0.29, 0.717) is 0 Å². The van der Waals surface area contributed by atoms with Crippen LogP contribution in [0.1, 0.15) is 12.8 Å². The normalized spacial score (nSPS) is 33.1. The summed E-state index contributed by atoms with van der Waals surface area (Å²) in [5.41, 5.74) is 2.65. The first-order chi connectivity index (χ1) is 8.38. The lowest BCUT2D eigenvalue weighted by Gasteiger charge is -2.32. The van der Waals surface area contributed by atoms with Crippen LogP contribution in [0, 0.1) is 5.92 Å². The van der Waals surface area contributed by atoms with Gasteiger partial charge in [-0.15, -0.1) is 5.73 Å². The zero-order valence-corrected chi connectivity index (χ0v) is 9.40. The molecule has 3 atom stereocenters. The molecule has 0 aromatic carbocycles. The predicted octanol–water partition coefficient (Wildman–Crippen LogP) is 3.20. The second-order valence-corrected chi connectivity index (χ2v) is 4.47. The van der Waals surface area contributed by atoms with Crippen molar-refractivity contribution in [3.63, 3.8) is 0 Å². The van der Waals surface area contributed by atoms with E-state index in [1.54, 1.807) is 0 Å². The first kappa shape index (κ1) is 13.3. The number of nitrogens with one attached hydrogen (secondary N) is 1. The van der Waals surface area contributed by atoms with E-state index in [-0.39, 0.29) is 25.0 Å². The molecule has 0 amide bonds. The van der Waals surface area contributed by atoms with Crippen LogP contribution in [-0.2, 0) is 0 Å². The van der Waals surface area contributed by atoms with Crippen molar-refractivity contribution in [3.05, 3.63) is 29.3 Å². The average molecular weight is 265 g/mol. The zero-order chi connectivity index (χ0) is 13.3. The van der Waals surface area contributed by atoms with Gasteiger partial charge in [-0.25, -0.2) is 8.78 Å². The third-order valence-electron chi connectivity index (χ3n) is 3.23.